The van der Waals surface area contributed by atoms with Crippen LogP contribution in [-0.2, 0) is 0 Å². The molecule has 1 aromatic rings. The van der Waals surface area contributed by atoms with E-state index in [1.165, 1.54) is 24.8 Å². The van der Waals surface area contributed by atoms with Gasteiger partial charge in [-0.3, -0.25) is 0 Å². The Labute approximate surface area is 106 Å². The predicted octanol–water partition coefficient (Wildman–Crippen LogP) is 4.51. The van der Waals surface area contributed by atoms with Gasteiger partial charge in [0, 0.05) is 4.83 Å². The summed E-state index contributed by atoms with van der Waals surface area (Å²) >= 11 is 3.71. The summed E-state index contributed by atoms with van der Waals surface area (Å²) in [6.45, 7) is 2.97. The number of hydrogen-bond acceptors (Lipinski definition) is 1. The zero-order chi connectivity index (χ0) is 11.4. The SMILES string of the molecule is CCCOc1ccccc1C1CCC(Br)C1. The van der Waals surface area contributed by atoms with E-state index in [0.717, 1.165) is 18.8 Å². The van der Waals surface area contributed by atoms with Crippen molar-refractivity contribution in [3.63, 3.8) is 0 Å². The van der Waals surface area contributed by atoms with Crippen LogP contribution < -0.4 is 4.74 Å². The van der Waals surface area contributed by atoms with Gasteiger partial charge in [-0.1, -0.05) is 41.1 Å². The van der Waals surface area contributed by atoms with Crippen molar-refractivity contribution in [2.45, 2.75) is 43.4 Å². The van der Waals surface area contributed by atoms with E-state index in [-0.39, 0.29) is 0 Å². The Morgan fingerprint density at radius 2 is 2.12 bits per heavy atom. The van der Waals surface area contributed by atoms with Crippen LogP contribution in [0.25, 0.3) is 0 Å². The third-order valence-corrected chi connectivity index (χ3v) is 4.02. The molecular weight excluding hydrogens is 264 g/mol. The third kappa shape index (κ3) is 2.79. The molecule has 0 saturated heterocycles. The molecule has 1 nitrogen and oxygen atoms in total. The van der Waals surface area contributed by atoms with Crippen LogP contribution in [0, 0.1) is 0 Å². The van der Waals surface area contributed by atoms with E-state index in [0.29, 0.717) is 10.7 Å². The molecule has 2 unspecified atom stereocenters. The predicted molar refractivity (Wildman–Crippen MR) is 71.5 cm³/mol. The van der Waals surface area contributed by atoms with Gasteiger partial charge in [0.15, 0.2) is 0 Å². The topological polar surface area (TPSA) is 9.23 Å². The summed E-state index contributed by atoms with van der Waals surface area (Å²) in [6.07, 6.45) is 4.88. The molecule has 0 bridgehead atoms. The summed E-state index contributed by atoms with van der Waals surface area (Å²) in [4.78, 5) is 0.691. The number of hydrogen-bond donors (Lipinski definition) is 0. The molecule has 0 heterocycles. The van der Waals surface area contributed by atoms with Crippen LogP contribution in [0.5, 0.6) is 5.75 Å². The summed E-state index contributed by atoms with van der Waals surface area (Å²) in [6, 6.07) is 8.51. The second-order valence-electron chi connectivity index (χ2n) is 4.49. The summed E-state index contributed by atoms with van der Waals surface area (Å²) in [5, 5.41) is 0. The van der Waals surface area contributed by atoms with Crippen molar-refractivity contribution in [3.8, 4) is 5.75 Å². The Hall–Kier alpha value is -0.500. The fourth-order valence-corrected chi connectivity index (χ4v) is 3.09. The average molecular weight is 283 g/mol. The molecule has 1 aromatic carbocycles. The molecule has 0 aliphatic heterocycles. The first kappa shape index (κ1) is 12.0. The Kier molecular flexibility index (Phi) is 4.28. The largest absolute Gasteiger partial charge is 0.493 e. The molecule has 0 spiro atoms. The first-order valence-corrected chi connectivity index (χ1v) is 7.08. The summed E-state index contributed by atoms with van der Waals surface area (Å²) in [5.74, 6) is 1.77. The fraction of sp³-hybridized carbons (Fsp3) is 0.571. The highest BCUT2D eigenvalue weighted by molar-refractivity contribution is 9.09. The maximum Gasteiger partial charge on any atom is 0.122 e. The summed E-state index contributed by atoms with van der Waals surface area (Å²) in [5.41, 5.74) is 1.40. The van der Waals surface area contributed by atoms with Crippen molar-refractivity contribution in [2.24, 2.45) is 0 Å². The molecule has 1 aliphatic carbocycles. The standard InChI is InChI=1S/C14H19BrO/c1-2-9-16-14-6-4-3-5-13(14)11-7-8-12(15)10-11/h3-6,11-12H,2,7-10H2,1H3. The molecule has 0 amide bonds. The van der Waals surface area contributed by atoms with Gasteiger partial charge < -0.3 is 4.74 Å². The quantitative estimate of drug-likeness (QED) is 0.739. The van der Waals surface area contributed by atoms with Crippen molar-refractivity contribution in [1.29, 1.82) is 0 Å². The van der Waals surface area contributed by atoms with Crippen LogP contribution in [0.4, 0.5) is 0 Å². The lowest BCUT2D eigenvalue weighted by Crippen LogP contribution is -2.02. The maximum absolute atomic E-state index is 5.82. The van der Waals surface area contributed by atoms with Gasteiger partial charge in [-0.05, 0) is 43.2 Å². The molecule has 2 rings (SSSR count). The van der Waals surface area contributed by atoms with E-state index in [2.05, 4.69) is 47.1 Å². The van der Waals surface area contributed by atoms with Crippen molar-refractivity contribution < 1.29 is 4.74 Å². The van der Waals surface area contributed by atoms with Crippen LogP contribution in [0.1, 0.15) is 44.1 Å². The van der Waals surface area contributed by atoms with Gasteiger partial charge in [-0.25, -0.2) is 0 Å². The van der Waals surface area contributed by atoms with E-state index in [4.69, 9.17) is 4.74 Å². The Bertz CT molecular complexity index is 337. The molecule has 16 heavy (non-hydrogen) atoms. The molecule has 2 atom stereocenters. The van der Waals surface area contributed by atoms with E-state index < -0.39 is 0 Å². The maximum atomic E-state index is 5.82. The number of para-hydroxylation sites is 1. The zero-order valence-electron chi connectivity index (χ0n) is 9.79. The van der Waals surface area contributed by atoms with Crippen LogP contribution in [0.3, 0.4) is 0 Å². The molecule has 0 radical (unpaired) electrons. The van der Waals surface area contributed by atoms with Gasteiger partial charge in [-0.15, -0.1) is 0 Å². The molecule has 1 saturated carbocycles. The van der Waals surface area contributed by atoms with Crippen LogP contribution in [0.2, 0.25) is 0 Å². The van der Waals surface area contributed by atoms with Crippen LogP contribution in [-0.4, -0.2) is 11.4 Å². The summed E-state index contributed by atoms with van der Waals surface area (Å²) in [7, 11) is 0. The molecule has 88 valence electrons. The number of halogens is 1. The third-order valence-electron chi connectivity index (χ3n) is 3.19. The lowest BCUT2D eigenvalue weighted by molar-refractivity contribution is 0.312. The highest BCUT2D eigenvalue weighted by Gasteiger charge is 2.25. The van der Waals surface area contributed by atoms with Gasteiger partial charge in [0.05, 0.1) is 6.61 Å². The number of alkyl halides is 1. The van der Waals surface area contributed by atoms with E-state index in [1.54, 1.807) is 0 Å². The van der Waals surface area contributed by atoms with Gasteiger partial charge in [0.1, 0.15) is 5.75 Å². The van der Waals surface area contributed by atoms with Crippen molar-refractivity contribution >= 4 is 15.9 Å². The molecule has 1 fully saturated rings. The fourth-order valence-electron chi connectivity index (χ4n) is 2.37. The highest BCUT2D eigenvalue weighted by Crippen LogP contribution is 2.41. The average Bonchev–Trinajstić information content (AvgIpc) is 2.73. The molecule has 2 heteroatoms. The first-order chi connectivity index (χ1) is 7.81. The summed E-state index contributed by atoms with van der Waals surface area (Å²) < 4.78 is 5.82. The molecular formula is C14H19BrO. The van der Waals surface area contributed by atoms with Crippen LogP contribution in [0.15, 0.2) is 24.3 Å². The monoisotopic (exact) mass is 282 g/mol. The smallest absolute Gasteiger partial charge is 0.122 e. The normalized spacial score (nSPS) is 24.6. The Morgan fingerprint density at radius 3 is 2.81 bits per heavy atom. The first-order valence-electron chi connectivity index (χ1n) is 6.17. The van der Waals surface area contributed by atoms with Crippen molar-refractivity contribution in [3.05, 3.63) is 29.8 Å². The van der Waals surface area contributed by atoms with Gasteiger partial charge >= 0.3 is 0 Å². The van der Waals surface area contributed by atoms with Crippen molar-refractivity contribution in [2.75, 3.05) is 6.61 Å². The highest BCUT2D eigenvalue weighted by atomic mass is 79.9. The van der Waals surface area contributed by atoms with Crippen molar-refractivity contribution in [1.82, 2.24) is 0 Å². The van der Waals surface area contributed by atoms with Crippen LogP contribution >= 0.6 is 15.9 Å². The van der Waals surface area contributed by atoms with Gasteiger partial charge in [-0.2, -0.15) is 0 Å². The number of ether oxygens (including phenoxy) is 1. The van der Waals surface area contributed by atoms with E-state index in [9.17, 15) is 0 Å². The number of rotatable bonds is 4. The Balaban J connectivity index is 2.12. The molecule has 1 aliphatic rings. The lowest BCUT2D eigenvalue weighted by atomic mass is 9.97. The minimum absolute atomic E-state index is 0.678. The zero-order valence-corrected chi connectivity index (χ0v) is 11.4. The molecule has 0 aromatic heterocycles. The lowest BCUT2D eigenvalue weighted by Gasteiger charge is -2.15. The van der Waals surface area contributed by atoms with Gasteiger partial charge in [0.2, 0.25) is 0 Å². The minimum Gasteiger partial charge on any atom is -0.493 e. The second kappa shape index (κ2) is 5.72. The van der Waals surface area contributed by atoms with Gasteiger partial charge in [0.25, 0.3) is 0 Å². The Morgan fingerprint density at radius 1 is 1.31 bits per heavy atom. The molecule has 0 N–H and O–H groups in total. The minimum atomic E-state index is 0.678. The number of benzene rings is 1. The van der Waals surface area contributed by atoms with E-state index >= 15 is 0 Å². The van der Waals surface area contributed by atoms with E-state index in [1.807, 2.05) is 0 Å². The second-order valence-corrected chi connectivity index (χ2v) is 5.79.